The molecule has 0 radical (unpaired) electrons. The molecule has 0 aromatic heterocycles. The number of halogens is 3. The lowest BCUT2D eigenvalue weighted by atomic mass is 10.2. The number of β-amino-alcohol motifs (C(OH)–C–C–N with tert-alkyl or cyclic N) is 1. The normalized spacial score (nSPS) is 19.0. The number of aliphatic hydroxyl groups is 1. The molecule has 1 fully saturated rings. The van der Waals surface area contributed by atoms with E-state index < -0.39 is 18.8 Å². The molecule has 0 saturated carbocycles. The first-order valence-corrected chi connectivity index (χ1v) is 8.21. The highest BCUT2D eigenvalue weighted by molar-refractivity contribution is 5.31. The number of nitrogens with zero attached hydrogens (tertiary/aromatic N) is 2. The van der Waals surface area contributed by atoms with Crippen molar-refractivity contribution in [3.8, 4) is 5.75 Å². The molecule has 0 amide bonds. The summed E-state index contributed by atoms with van der Waals surface area (Å²) in [7, 11) is 0. The molecule has 0 bridgehead atoms. The van der Waals surface area contributed by atoms with E-state index in [1.807, 2.05) is 36.1 Å². The number of para-hydroxylation sites is 1. The van der Waals surface area contributed by atoms with E-state index in [1.54, 1.807) is 0 Å². The molecular weight excluding hydrogens is 321 g/mol. The number of aryl methyl sites for hydroxylation is 1. The maximum absolute atomic E-state index is 12.5. The fourth-order valence-corrected chi connectivity index (χ4v) is 2.87. The number of ether oxygens (including phenoxy) is 1. The standard InChI is InChI=1S/C17H25F3N2O2/c1-14-5-2-3-6-16(14)24-12-15(23)11-21-7-4-8-22(10-9-21)13-17(18,19)20/h2-3,5-6,15,23H,4,7-13H2,1H3. The summed E-state index contributed by atoms with van der Waals surface area (Å²) in [6.45, 7) is 3.68. The Morgan fingerprint density at radius 2 is 1.79 bits per heavy atom. The van der Waals surface area contributed by atoms with Crippen LogP contribution < -0.4 is 4.74 Å². The quantitative estimate of drug-likeness (QED) is 0.858. The predicted molar refractivity (Wildman–Crippen MR) is 86.2 cm³/mol. The second-order valence-electron chi connectivity index (χ2n) is 6.28. The fourth-order valence-electron chi connectivity index (χ4n) is 2.87. The van der Waals surface area contributed by atoms with Gasteiger partial charge in [0.15, 0.2) is 0 Å². The van der Waals surface area contributed by atoms with Crippen molar-refractivity contribution in [2.24, 2.45) is 0 Å². The summed E-state index contributed by atoms with van der Waals surface area (Å²) in [6.07, 6.45) is -4.16. The summed E-state index contributed by atoms with van der Waals surface area (Å²) in [5.41, 5.74) is 1.00. The maximum atomic E-state index is 12.5. The Balaban J connectivity index is 1.74. The Morgan fingerprint density at radius 1 is 1.12 bits per heavy atom. The summed E-state index contributed by atoms with van der Waals surface area (Å²) in [5.74, 6) is 0.740. The van der Waals surface area contributed by atoms with Gasteiger partial charge in [-0.3, -0.25) is 9.80 Å². The van der Waals surface area contributed by atoms with Crippen LogP contribution in [0.1, 0.15) is 12.0 Å². The van der Waals surface area contributed by atoms with Gasteiger partial charge in [-0.15, -0.1) is 0 Å². The molecule has 1 aromatic carbocycles. The van der Waals surface area contributed by atoms with Crippen molar-refractivity contribution in [3.05, 3.63) is 29.8 Å². The Kier molecular flexibility index (Phi) is 6.89. The lowest BCUT2D eigenvalue weighted by Crippen LogP contribution is -2.39. The van der Waals surface area contributed by atoms with Crippen LogP contribution in [0, 0.1) is 6.92 Å². The smallest absolute Gasteiger partial charge is 0.401 e. The molecule has 1 heterocycles. The monoisotopic (exact) mass is 346 g/mol. The highest BCUT2D eigenvalue weighted by Gasteiger charge is 2.31. The predicted octanol–water partition coefficient (Wildman–Crippen LogP) is 2.30. The molecule has 1 aromatic rings. The summed E-state index contributed by atoms with van der Waals surface area (Å²) in [5, 5.41) is 10.1. The molecule has 0 aliphatic carbocycles. The number of hydrogen-bond acceptors (Lipinski definition) is 4. The summed E-state index contributed by atoms with van der Waals surface area (Å²) in [6, 6.07) is 7.58. The molecule has 0 spiro atoms. The van der Waals surface area contributed by atoms with Crippen molar-refractivity contribution in [1.82, 2.24) is 9.80 Å². The van der Waals surface area contributed by atoms with E-state index in [0.29, 0.717) is 39.1 Å². The second-order valence-corrected chi connectivity index (χ2v) is 6.28. The van der Waals surface area contributed by atoms with Crippen molar-refractivity contribution < 1.29 is 23.0 Å². The van der Waals surface area contributed by atoms with Crippen molar-refractivity contribution in [3.63, 3.8) is 0 Å². The third-order valence-corrected chi connectivity index (χ3v) is 4.08. The molecule has 1 N–H and O–H groups in total. The van der Waals surface area contributed by atoms with Crippen LogP contribution >= 0.6 is 0 Å². The average Bonchev–Trinajstić information content (AvgIpc) is 2.70. The third-order valence-electron chi connectivity index (χ3n) is 4.08. The number of benzene rings is 1. The lowest BCUT2D eigenvalue weighted by Gasteiger charge is -2.24. The van der Waals surface area contributed by atoms with Gasteiger partial charge in [-0.25, -0.2) is 0 Å². The minimum Gasteiger partial charge on any atom is -0.491 e. The largest absolute Gasteiger partial charge is 0.491 e. The zero-order chi connectivity index (χ0) is 17.6. The van der Waals surface area contributed by atoms with Gasteiger partial charge in [-0.05, 0) is 38.1 Å². The van der Waals surface area contributed by atoms with Gasteiger partial charge >= 0.3 is 6.18 Å². The van der Waals surface area contributed by atoms with E-state index in [-0.39, 0.29) is 6.61 Å². The van der Waals surface area contributed by atoms with Crippen LogP contribution in [0.25, 0.3) is 0 Å². The van der Waals surface area contributed by atoms with E-state index in [9.17, 15) is 18.3 Å². The molecule has 1 atom stereocenters. The number of aliphatic hydroxyl groups excluding tert-OH is 1. The molecule has 136 valence electrons. The Bertz CT molecular complexity index is 511. The van der Waals surface area contributed by atoms with Crippen LogP contribution in [0.3, 0.4) is 0 Å². The molecular formula is C17H25F3N2O2. The van der Waals surface area contributed by atoms with Gasteiger partial charge in [0.25, 0.3) is 0 Å². The third kappa shape index (κ3) is 6.67. The molecule has 4 nitrogen and oxygen atoms in total. The van der Waals surface area contributed by atoms with Crippen LogP contribution in [0.4, 0.5) is 13.2 Å². The van der Waals surface area contributed by atoms with Gasteiger partial charge in [0.1, 0.15) is 18.5 Å². The highest BCUT2D eigenvalue weighted by Crippen LogP contribution is 2.18. The summed E-state index contributed by atoms with van der Waals surface area (Å²) >= 11 is 0. The molecule has 7 heteroatoms. The van der Waals surface area contributed by atoms with Crippen molar-refractivity contribution in [1.29, 1.82) is 0 Å². The van der Waals surface area contributed by atoms with Crippen molar-refractivity contribution >= 4 is 0 Å². The van der Waals surface area contributed by atoms with Gasteiger partial charge in [-0.2, -0.15) is 13.2 Å². The average molecular weight is 346 g/mol. The van der Waals surface area contributed by atoms with Gasteiger partial charge < -0.3 is 9.84 Å². The van der Waals surface area contributed by atoms with Crippen LogP contribution in [-0.4, -0.2) is 73.1 Å². The van der Waals surface area contributed by atoms with E-state index in [0.717, 1.165) is 11.3 Å². The van der Waals surface area contributed by atoms with Crippen LogP contribution in [-0.2, 0) is 0 Å². The topological polar surface area (TPSA) is 35.9 Å². The van der Waals surface area contributed by atoms with Crippen LogP contribution in [0.15, 0.2) is 24.3 Å². The molecule has 1 unspecified atom stereocenters. The first kappa shape index (κ1) is 19.0. The minimum atomic E-state index is -4.16. The fraction of sp³-hybridized carbons (Fsp3) is 0.647. The van der Waals surface area contributed by atoms with Crippen molar-refractivity contribution in [2.45, 2.75) is 25.6 Å². The summed E-state index contributed by atoms with van der Waals surface area (Å²) in [4.78, 5) is 3.43. The summed E-state index contributed by atoms with van der Waals surface area (Å²) < 4.78 is 43.0. The van der Waals surface area contributed by atoms with Gasteiger partial charge in [0.2, 0.25) is 0 Å². The first-order chi connectivity index (χ1) is 11.3. The highest BCUT2D eigenvalue weighted by atomic mass is 19.4. The lowest BCUT2D eigenvalue weighted by molar-refractivity contribution is -0.145. The van der Waals surface area contributed by atoms with Gasteiger partial charge in [0.05, 0.1) is 6.54 Å². The molecule has 1 aliphatic rings. The molecule has 24 heavy (non-hydrogen) atoms. The van der Waals surface area contributed by atoms with Gasteiger partial charge in [-0.1, -0.05) is 18.2 Å². The van der Waals surface area contributed by atoms with E-state index in [1.165, 1.54) is 4.90 Å². The van der Waals surface area contributed by atoms with Gasteiger partial charge in [0, 0.05) is 19.6 Å². The van der Waals surface area contributed by atoms with E-state index in [4.69, 9.17) is 4.74 Å². The van der Waals surface area contributed by atoms with Crippen LogP contribution in [0.2, 0.25) is 0 Å². The maximum Gasteiger partial charge on any atom is 0.401 e. The van der Waals surface area contributed by atoms with Crippen molar-refractivity contribution in [2.75, 3.05) is 45.9 Å². The second kappa shape index (κ2) is 8.69. The van der Waals surface area contributed by atoms with E-state index in [2.05, 4.69) is 0 Å². The molecule has 1 saturated heterocycles. The minimum absolute atomic E-state index is 0.174. The van der Waals surface area contributed by atoms with E-state index >= 15 is 0 Å². The number of hydrogen-bond donors (Lipinski definition) is 1. The zero-order valence-electron chi connectivity index (χ0n) is 13.9. The molecule has 2 rings (SSSR count). The Labute approximate surface area is 140 Å². The van der Waals surface area contributed by atoms with Crippen LogP contribution in [0.5, 0.6) is 5.75 Å². The Hall–Kier alpha value is -1.31. The number of alkyl halides is 3. The zero-order valence-corrected chi connectivity index (χ0v) is 13.9. The SMILES string of the molecule is Cc1ccccc1OCC(O)CN1CCCN(CC(F)(F)F)CC1. The molecule has 1 aliphatic heterocycles. The number of rotatable bonds is 6. The Morgan fingerprint density at radius 3 is 2.50 bits per heavy atom. The first-order valence-electron chi connectivity index (χ1n) is 8.21.